The van der Waals surface area contributed by atoms with Crippen molar-refractivity contribution in [1.29, 1.82) is 0 Å². The van der Waals surface area contributed by atoms with E-state index in [4.69, 9.17) is 27.9 Å². The lowest BCUT2D eigenvalue weighted by molar-refractivity contribution is 0.0572. The molecule has 2 rings (SSSR count). The van der Waals surface area contributed by atoms with Crippen molar-refractivity contribution in [2.75, 3.05) is 20.2 Å². The van der Waals surface area contributed by atoms with E-state index < -0.39 is 10.0 Å². The fourth-order valence-electron chi connectivity index (χ4n) is 2.28. The molecule has 112 valence electrons. The van der Waals surface area contributed by atoms with Crippen LogP contribution in [0.2, 0.25) is 5.02 Å². The van der Waals surface area contributed by atoms with Crippen molar-refractivity contribution in [3.8, 4) is 0 Å². The summed E-state index contributed by atoms with van der Waals surface area (Å²) in [6, 6.07) is 4.84. The zero-order chi connectivity index (χ0) is 14.8. The highest BCUT2D eigenvalue weighted by atomic mass is 35.5. The number of sulfonamides is 1. The summed E-state index contributed by atoms with van der Waals surface area (Å²) < 4.78 is 32.1. The molecule has 0 spiro atoms. The Morgan fingerprint density at radius 1 is 1.45 bits per heavy atom. The van der Waals surface area contributed by atoms with Crippen molar-refractivity contribution < 1.29 is 13.2 Å². The third kappa shape index (κ3) is 3.28. The zero-order valence-corrected chi connectivity index (χ0v) is 13.5. The van der Waals surface area contributed by atoms with Crippen molar-refractivity contribution >= 4 is 33.2 Å². The van der Waals surface area contributed by atoms with E-state index in [1.807, 2.05) is 0 Å². The normalized spacial score (nSPS) is 21.1. The number of piperidine rings is 1. The summed E-state index contributed by atoms with van der Waals surface area (Å²) in [5.74, 6) is 0.250. The van der Waals surface area contributed by atoms with Crippen molar-refractivity contribution in [3.05, 3.63) is 28.8 Å². The predicted molar refractivity (Wildman–Crippen MR) is 79.8 cm³/mol. The monoisotopic (exact) mass is 337 g/mol. The van der Waals surface area contributed by atoms with Crippen molar-refractivity contribution in [2.24, 2.45) is 0 Å². The van der Waals surface area contributed by atoms with Crippen LogP contribution in [0.15, 0.2) is 23.1 Å². The molecule has 0 radical (unpaired) electrons. The quantitative estimate of drug-likeness (QED) is 0.793. The molecular formula is C13H17Cl2NO3S. The van der Waals surface area contributed by atoms with E-state index in [-0.39, 0.29) is 21.9 Å². The van der Waals surface area contributed by atoms with Crippen LogP contribution in [0.5, 0.6) is 0 Å². The Morgan fingerprint density at radius 2 is 2.20 bits per heavy atom. The zero-order valence-electron chi connectivity index (χ0n) is 11.2. The minimum absolute atomic E-state index is 0.0616. The Hall–Kier alpha value is -0.330. The van der Waals surface area contributed by atoms with Gasteiger partial charge in [-0.2, -0.15) is 4.31 Å². The van der Waals surface area contributed by atoms with Crippen LogP contribution < -0.4 is 0 Å². The minimum atomic E-state index is -3.61. The second-order valence-electron chi connectivity index (χ2n) is 4.76. The number of hydrogen-bond acceptors (Lipinski definition) is 3. The Balaban J connectivity index is 2.34. The SMILES string of the molecule is COC1CCCN(S(=O)(=O)c2cc(CCl)ccc2Cl)C1. The molecule has 1 atom stereocenters. The summed E-state index contributed by atoms with van der Waals surface area (Å²) in [6.45, 7) is 0.851. The maximum Gasteiger partial charge on any atom is 0.244 e. The maximum atomic E-state index is 12.7. The van der Waals surface area contributed by atoms with E-state index in [0.717, 1.165) is 18.4 Å². The van der Waals surface area contributed by atoms with Crippen molar-refractivity contribution in [1.82, 2.24) is 4.31 Å². The predicted octanol–water partition coefficient (Wildman–Crippen LogP) is 2.88. The standard InChI is InChI=1S/C13H17Cl2NO3S/c1-19-11-3-2-6-16(9-11)20(17,18)13-7-10(8-14)4-5-12(13)15/h4-5,7,11H,2-3,6,8-9H2,1H3. The van der Waals surface area contributed by atoms with Gasteiger partial charge in [0.25, 0.3) is 0 Å². The van der Waals surface area contributed by atoms with Gasteiger partial charge in [0.15, 0.2) is 0 Å². The molecule has 20 heavy (non-hydrogen) atoms. The summed E-state index contributed by atoms with van der Waals surface area (Å²) in [6.07, 6.45) is 1.59. The Morgan fingerprint density at radius 3 is 2.85 bits per heavy atom. The van der Waals surface area contributed by atoms with E-state index in [2.05, 4.69) is 0 Å². The molecule has 1 aromatic carbocycles. The number of rotatable bonds is 4. The van der Waals surface area contributed by atoms with E-state index >= 15 is 0 Å². The largest absolute Gasteiger partial charge is 0.380 e. The average Bonchev–Trinajstić information content (AvgIpc) is 2.47. The van der Waals surface area contributed by atoms with E-state index in [9.17, 15) is 8.42 Å². The first-order valence-corrected chi connectivity index (χ1v) is 8.71. The average molecular weight is 338 g/mol. The highest BCUT2D eigenvalue weighted by Gasteiger charge is 2.31. The fraction of sp³-hybridized carbons (Fsp3) is 0.538. The van der Waals surface area contributed by atoms with Gasteiger partial charge in [-0.25, -0.2) is 8.42 Å². The molecule has 1 unspecified atom stereocenters. The first-order valence-electron chi connectivity index (χ1n) is 6.36. The van der Waals surface area contributed by atoms with Crippen LogP contribution in [0.25, 0.3) is 0 Å². The van der Waals surface area contributed by atoms with Crippen LogP contribution >= 0.6 is 23.2 Å². The van der Waals surface area contributed by atoms with Crippen LogP contribution in [0.3, 0.4) is 0 Å². The number of ether oxygens (including phenoxy) is 1. The van der Waals surface area contributed by atoms with E-state index in [0.29, 0.717) is 13.1 Å². The number of nitrogens with zero attached hydrogens (tertiary/aromatic N) is 1. The van der Waals surface area contributed by atoms with Crippen LogP contribution in [-0.4, -0.2) is 39.0 Å². The molecule has 4 nitrogen and oxygen atoms in total. The molecule has 0 saturated carbocycles. The number of benzene rings is 1. The topological polar surface area (TPSA) is 46.6 Å². The van der Waals surface area contributed by atoms with Crippen LogP contribution in [0.4, 0.5) is 0 Å². The van der Waals surface area contributed by atoms with Crippen LogP contribution in [0.1, 0.15) is 18.4 Å². The van der Waals surface area contributed by atoms with E-state index in [1.165, 1.54) is 4.31 Å². The van der Waals surface area contributed by atoms with Gasteiger partial charge in [0, 0.05) is 26.1 Å². The Kier molecular flexibility index (Phi) is 5.31. The molecule has 7 heteroatoms. The molecule has 1 saturated heterocycles. The van der Waals surface area contributed by atoms with Gasteiger partial charge in [0.05, 0.1) is 11.1 Å². The molecule has 0 N–H and O–H groups in total. The summed E-state index contributed by atoms with van der Waals surface area (Å²) in [7, 11) is -2.01. The number of alkyl halides is 1. The van der Waals surface area contributed by atoms with Crippen LogP contribution in [0, 0.1) is 0 Å². The molecule has 1 aliphatic heterocycles. The van der Waals surface area contributed by atoms with Gasteiger partial charge in [0.2, 0.25) is 10.0 Å². The van der Waals surface area contributed by atoms with Gasteiger partial charge in [-0.3, -0.25) is 0 Å². The number of halogens is 2. The Labute approximate surface area is 129 Å². The molecular weight excluding hydrogens is 321 g/mol. The summed E-state index contributed by atoms with van der Waals surface area (Å²) in [4.78, 5) is 0.120. The van der Waals surface area contributed by atoms with Crippen molar-refractivity contribution in [2.45, 2.75) is 29.7 Å². The highest BCUT2D eigenvalue weighted by molar-refractivity contribution is 7.89. The third-order valence-electron chi connectivity index (χ3n) is 3.44. The fourth-order valence-corrected chi connectivity index (χ4v) is 4.48. The van der Waals surface area contributed by atoms with Crippen molar-refractivity contribution in [3.63, 3.8) is 0 Å². The van der Waals surface area contributed by atoms with Gasteiger partial charge < -0.3 is 4.74 Å². The van der Waals surface area contributed by atoms with Crippen LogP contribution in [-0.2, 0) is 20.6 Å². The number of methoxy groups -OCH3 is 1. The smallest absolute Gasteiger partial charge is 0.244 e. The highest BCUT2D eigenvalue weighted by Crippen LogP contribution is 2.28. The molecule has 0 aromatic heterocycles. The number of hydrogen-bond donors (Lipinski definition) is 0. The van der Waals surface area contributed by atoms with Gasteiger partial charge >= 0.3 is 0 Å². The van der Waals surface area contributed by atoms with Gasteiger partial charge in [0.1, 0.15) is 4.90 Å². The molecule has 1 aromatic rings. The van der Waals surface area contributed by atoms with Gasteiger partial charge in [-0.15, -0.1) is 11.6 Å². The third-order valence-corrected chi connectivity index (χ3v) is 6.10. The Bertz CT molecular complexity index is 577. The maximum absolute atomic E-state index is 12.7. The second kappa shape index (κ2) is 6.62. The molecule has 1 aliphatic rings. The summed E-state index contributed by atoms with van der Waals surface area (Å²) in [5.41, 5.74) is 0.731. The summed E-state index contributed by atoms with van der Waals surface area (Å²) >= 11 is 11.8. The molecule has 0 aliphatic carbocycles. The van der Waals surface area contributed by atoms with Gasteiger partial charge in [-0.05, 0) is 30.5 Å². The van der Waals surface area contributed by atoms with Gasteiger partial charge in [-0.1, -0.05) is 17.7 Å². The van der Waals surface area contributed by atoms with E-state index in [1.54, 1.807) is 25.3 Å². The molecule has 0 amide bonds. The first kappa shape index (κ1) is 16.0. The first-order chi connectivity index (χ1) is 9.48. The molecule has 0 bridgehead atoms. The lowest BCUT2D eigenvalue weighted by atomic mass is 10.1. The lowest BCUT2D eigenvalue weighted by Gasteiger charge is -2.31. The second-order valence-corrected chi connectivity index (χ2v) is 7.34. The molecule has 1 fully saturated rings. The lowest BCUT2D eigenvalue weighted by Crippen LogP contribution is -2.42. The summed E-state index contributed by atoms with van der Waals surface area (Å²) in [5, 5.41) is 0.221. The minimum Gasteiger partial charge on any atom is -0.380 e. The molecule has 1 heterocycles.